The summed E-state index contributed by atoms with van der Waals surface area (Å²) >= 11 is 0. The quantitative estimate of drug-likeness (QED) is 0.822. The van der Waals surface area contributed by atoms with E-state index in [2.05, 4.69) is 10.4 Å². The predicted octanol–water partition coefficient (Wildman–Crippen LogP) is 0.947. The van der Waals surface area contributed by atoms with Gasteiger partial charge in [0.2, 0.25) is 0 Å². The highest BCUT2D eigenvalue weighted by Gasteiger charge is 2.26. The Hall–Kier alpha value is -1.36. The maximum Gasteiger partial charge on any atom is 0.269 e. The Balaban J connectivity index is 2.75. The Bertz CT molecular complexity index is 379. The van der Waals surface area contributed by atoms with Crippen molar-refractivity contribution in [3.05, 3.63) is 18.0 Å². The summed E-state index contributed by atoms with van der Waals surface area (Å²) in [7, 11) is 1.73. The number of hydrogen-bond donors (Lipinski definition) is 2. The zero-order valence-electron chi connectivity index (χ0n) is 10.9. The number of carbonyl (C=O) groups is 1. The third-order valence-electron chi connectivity index (χ3n) is 2.82. The molecule has 0 aliphatic carbocycles. The average Bonchev–Trinajstić information content (AvgIpc) is 2.62. The lowest BCUT2D eigenvalue weighted by atomic mass is 9.85. The SMILES string of the molecule is Cn1nccc1C(=O)NC(CCO)C(C)(C)C. The first kappa shape index (κ1) is 13.7. The lowest BCUT2D eigenvalue weighted by molar-refractivity contribution is 0.0875. The van der Waals surface area contributed by atoms with Crippen molar-refractivity contribution in [2.75, 3.05) is 6.61 Å². The van der Waals surface area contributed by atoms with Crippen LogP contribution in [0, 0.1) is 5.41 Å². The van der Waals surface area contributed by atoms with Gasteiger partial charge < -0.3 is 10.4 Å². The van der Waals surface area contributed by atoms with E-state index in [0.29, 0.717) is 12.1 Å². The Kier molecular flexibility index (Phi) is 4.28. The molecule has 0 aliphatic heterocycles. The van der Waals surface area contributed by atoms with Gasteiger partial charge in [0.1, 0.15) is 5.69 Å². The molecule has 1 amide bonds. The second-order valence-electron chi connectivity index (χ2n) is 5.24. The van der Waals surface area contributed by atoms with Crippen LogP contribution < -0.4 is 5.32 Å². The molecule has 2 N–H and O–H groups in total. The summed E-state index contributed by atoms with van der Waals surface area (Å²) in [5, 5.41) is 15.9. The fourth-order valence-corrected chi connectivity index (χ4v) is 1.68. The van der Waals surface area contributed by atoms with Crippen molar-refractivity contribution >= 4 is 5.91 Å². The first-order valence-corrected chi connectivity index (χ1v) is 5.76. The van der Waals surface area contributed by atoms with Crippen LogP contribution in [0.15, 0.2) is 12.3 Å². The molecular weight excluding hydrogens is 218 g/mol. The molecule has 5 nitrogen and oxygen atoms in total. The minimum absolute atomic E-state index is 0.0603. The molecule has 1 atom stereocenters. The number of aliphatic hydroxyl groups excluding tert-OH is 1. The lowest BCUT2D eigenvalue weighted by Gasteiger charge is -2.31. The van der Waals surface area contributed by atoms with Crippen LogP contribution in [0.2, 0.25) is 0 Å². The van der Waals surface area contributed by atoms with Crippen LogP contribution in [0.5, 0.6) is 0 Å². The van der Waals surface area contributed by atoms with E-state index in [4.69, 9.17) is 5.11 Å². The second-order valence-corrected chi connectivity index (χ2v) is 5.24. The Morgan fingerprint density at radius 1 is 1.59 bits per heavy atom. The smallest absolute Gasteiger partial charge is 0.269 e. The molecule has 0 spiro atoms. The molecular formula is C12H21N3O2. The van der Waals surface area contributed by atoms with Gasteiger partial charge in [-0.05, 0) is 17.9 Å². The minimum Gasteiger partial charge on any atom is -0.396 e. The highest BCUT2D eigenvalue weighted by Crippen LogP contribution is 2.21. The van der Waals surface area contributed by atoms with E-state index < -0.39 is 0 Å². The van der Waals surface area contributed by atoms with E-state index in [-0.39, 0.29) is 24.0 Å². The summed E-state index contributed by atoms with van der Waals surface area (Å²) in [6, 6.07) is 1.61. The van der Waals surface area contributed by atoms with Crippen LogP contribution in [-0.2, 0) is 7.05 Å². The minimum atomic E-state index is -0.154. The van der Waals surface area contributed by atoms with E-state index in [1.54, 1.807) is 19.3 Å². The molecule has 0 aromatic carbocycles. The fraction of sp³-hybridized carbons (Fsp3) is 0.667. The van der Waals surface area contributed by atoms with Gasteiger partial charge in [-0.2, -0.15) is 5.10 Å². The number of carbonyl (C=O) groups excluding carboxylic acids is 1. The molecule has 0 aliphatic rings. The van der Waals surface area contributed by atoms with Crippen molar-refractivity contribution in [2.45, 2.75) is 33.2 Å². The van der Waals surface area contributed by atoms with E-state index in [0.717, 1.165) is 0 Å². The maximum absolute atomic E-state index is 12.0. The fourth-order valence-electron chi connectivity index (χ4n) is 1.68. The highest BCUT2D eigenvalue weighted by molar-refractivity contribution is 5.92. The zero-order chi connectivity index (χ0) is 13.1. The maximum atomic E-state index is 12.0. The van der Waals surface area contributed by atoms with Crippen LogP contribution in [0.1, 0.15) is 37.7 Å². The van der Waals surface area contributed by atoms with Crippen LogP contribution in [-0.4, -0.2) is 33.4 Å². The molecule has 0 saturated carbocycles. The van der Waals surface area contributed by atoms with Gasteiger partial charge in [0.15, 0.2) is 0 Å². The topological polar surface area (TPSA) is 67.2 Å². The van der Waals surface area contributed by atoms with Crippen molar-refractivity contribution in [3.63, 3.8) is 0 Å². The molecule has 0 fully saturated rings. The summed E-state index contributed by atoms with van der Waals surface area (Å²) in [5.41, 5.74) is 0.439. The van der Waals surface area contributed by atoms with Gasteiger partial charge >= 0.3 is 0 Å². The number of hydrogen-bond acceptors (Lipinski definition) is 3. The molecule has 5 heteroatoms. The molecule has 17 heavy (non-hydrogen) atoms. The third kappa shape index (κ3) is 3.56. The third-order valence-corrected chi connectivity index (χ3v) is 2.82. The highest BCUT2D eigenvalue weighted by atomic mass is 16.3. The van der Waals surface area contributed by atoms with Crippen molar-refractivity contribution < 1.29 is 9.90 Å². The van der Waals surface area contributed by atoms with Crippen LogP contribution in [0.3, 0.4) is 0 Å². The van der Waals surface area contributed by atoms with E-state index in [1.165, 1.54) is 4.68 Å². The number of rotatable bonds is 4. The van der Waals surface area contributed by atoms with Crippen molar-refractivity contribution in [2.24, 2.45) is 12.5 Å². The van der Waals surface area contributed by atoms with E-state index in [9.17, 15) is 4.79 Å². The Morgan fingerprint density at radius 2 is 2.24 bits per heavy atom. The first-order chi connectivity index (χ1) is 7.86. The van der Waals surface area contributed by atoms with Gasteiger partial charge in [0.25, 0.3) is 5.91 Å². The standard InChI is InChI=1S/C12H21N3O2/c1-12(2,3)10(6-8-16)14-11(17)9-5-7-13-15(9)4/h5,7,10,16H,6,8H2,1-4H3,(H,14,17). The second kappa shape index (κ2) is 5.31. The molecule has 1 unspecified atom stereocenters. The normalized spacial score (nSPS) is 13.5. The molecule has 1 aromatic heterocycles. The van der Waals surface area contributed by atoms with Gasteiger partial charge in [-0.1, -0.05) is 20.8 Å². The van der Waals surface area contributed by atoms with Crippen LogP contribution >= 0.6 is 0 Å². The van der Waals surface area contributed by atoms with Gasteiger partial charge in [-0.25, -0.2) is 0 Å². The molecule has 0 saturated heterocycles. The molecule has 0 bridgehead atoms. The summed E-state index contributed by atoms with van der Waals surface area (Å²) in [6.07, 6.45) is 2.14. The van der Waals surface area contributed by atoms with E-state index >= 15 is 0 Å². The number of nitrogens with zero attached hydrogens (tertiary/aromatic N) is 2. The summed E-state index contributed by atoms with van der Waals surface area (Å²) < 4.78 is 1.54. The zero-order valence-corrected chi connectivity index (χ0v) is 10.9. The number of aliphatic hydroxyl groups is 1. The summed E-state index contributed by atoms with van der Waals surface area (Å²) in [6.45, 7) is 6.18. The number of amides is 1. The molecule has 1 aromatic rings. The van der Waals surface area contributed by atoms with Crippen molar-refractivity contribution in [1.29, 1.82) is 0 Å². The van der Waals surface area contributed by atoms with Gasteiger partial charge in [-0.3, -0.25) is 9.48 Å². The van der Waals surface area contributed by atoms with Gasteiger partial charge in [-0.15, -0.1) is 0 Å². The summed E-state index contributed by atoms with van der Waals surface area (Å²) in [5.74, 6) is -0.154. The average molecular weight is 239 g/mol. The van der Waals surface area contributed by atoms with Crippen molar-refractivity contribution in [1.82, 2.24) is 15.1 Å². The Morgan fingerprint density at radius 3 is 2.65 bits per heavy atom. The van der Waals surface area contributed by atoms with Gasteiger partial charge in [0, 0.05) is 25.9 Å². The monoisotopic (exact) mass is 239 g/mol. The molecule has 0 radical (unpaired) electrons. The number of nitrogens with one attached hydrogen (secondary N) is 1. The van der Waals surface area contributed by atoms with Crippen LogP contribution in [0.25, 0.3) is 0 Å². The number of aromatic nitrogens is 2. The number of aryl methyl sites for hydroxylation is 1. The van der Waals surface area contributed by atoms with Crippen LogP contribution in [0.4, 0.5) is 0 Å². The summed E-state index contributed by atoms with van der Waals surface area (Å²) in [4.78, 5) is 12.0. The van der Waals surface area contributed by atoms with E-state index in [1.807, 2.05) is 20.8 Å². The van der Waals surface area contributed by atoms with Crippen molar-refractivity contribution in [3.8, 4) is 0 Å². The predicted molar refractivity (Wildman–Crippen MR) is 65.6 cm³/mol. The first-order valence-electron chi connectivity index (χ1n) is 5.76. The molecule has 1 heterocycles. The molecule has 96 valence electrons. The Labute approximate surface area is 102 Å². The van der Waals surface area contributed by atoms with Gasteiger partial charge in [0.05, 0.1) is 0 Å². The lowest BCUT2D eigenvalue weighted by Crippen LogP contribution is -2.44. The largest absolute Gasteiger partial charge is 0.396 e. The molecule has 1 rings (SSSR count).